The first-order valence-corrected chi connectivity index (χ1v) is 13.8. The maximum absolute atomic E-state index is 13.7. The van der Waals surface area contributed by atoms with E-state index in [0.717, 1.165) is 36.0 Å². The number of benzene rings is 3. The second-order valence-electron chi connectivity index (χ2n) is 10.6. The largest absolute Gasteiger partial charge is 0.454 e. The molecule has 204 valence electrons. The summed E-state index contributed by atoms with van der Waals surface area (Å²) in [6.45, 7) is 3.98. The lowest BCUT2D eigenvalue weighted by Gasteiger charge is -2.34. The second kappa shape index (κ2) is 13.7. The SMILES string of the molecule is CC1CCCC(NC(=O)COC(=O)C(Cc2ccccc2)NC(=O)C(c2ccccc2)c2ccccc2)C1C. The van der Waals surface area contributed by atoms with E-state index in [0.29, 0.717) is 11.8 Å². The fraction of sp³-hybridized carbons (Fsp3) is 0.364. The van der Waals surface area contributed by atoms with Crippen LogP contribution in [0.15, 0.2) is 91.0 Å². The first-order chi connectivity index (χ1) is 18.9. The van der Waals surface area contributed by atoms with Crippen LogP contribution in [0.5, 0.6) is 0 Å². The molecule has 4 unspecified atom stereocenters. The Hall–Kier alpha value is -3.93. The summed E-state index contributed by atoms with van der Waals surface area (Å²) in [5.41, 5.74) is 2.52. The van der Waals surface area contributed by atoms with E-state index in [4.69, 9.17) is 4.74 Å². The van der Waals surface area contributed by atoms with Crippen LogP contribution < -0.4 is 10.6 Å². The Kier molecular flexibility index (Phi) is 9.90. The van der Waals surface area contributed by atoms with Crippen molar-refractivity contribution in [1.82, 2.24) is 10.6 Å². The molecule has 2 amide bonds. The molecule has 3 aromatic carbocycles. The average Bonchev–Trinajstić information content (AvgIpc) is 2.96. The predicted molar refractivity (Wildman–Crippen MR) is 152 cm³/mol. The van der Waals surface area contributed by atoms with Gasteiger partial charge in [-0.25, -0.2) is 4.79 Å². The van der Waals surface area contributed by atoms with E-state index >= 15 is 0 Å². The molecule has 0 aromatic heterocycles. The summed E-state index contributed by atoms with van der Waals surface area (Å²) in [5, 5.41) is 5.98. The highest BCUT2D eigenvalue weighted by Gasteiger charge is 2.31. The molecule has 6 nitrogen and oxygen atoms in total. The van der Waals surface area contributed by atoms with E-state index in [1.54, 1.807) is 0 Å². The third-order valence-corrected chi connectivity index (χ3v) is 7.81. The quantitative estimate of drug-likeness (QED) is 0.363. The van der Waals surface area contributed by atoms with Gasteiger partial charge in [0.1, 0.15) is 6.04 Å². The van der Waals surface area contributed by atoms with Crippen molar-refractivity contribution in [2.24, 2.45) is 11.8 Å². The van der Waals surface area contributed by atoms with E-state index in [1.807, 2.05) is 91.0 Å². The van der Waals surface area contributed by atoms with Crippen LogP contribution in [-0.4, -0.2) is 36.5 Å². The molecular weight excluding hydrogens is 488 g/mol. The molecule has 1 aliphatic carbocycles. The first kappa shape index (κ1) is 28.1. The number of hydrogen-bond donors (Lipinski definition) is 2. The van der Waals surface area contributed by atoms with E-state index in [9.17, 15) is 14.4 Å². The van der Waals surface area contributed by atoms with Gasteiger partial charge in [-0.3, -0.25) is 9.59 Å². The summed E-state index contributed by atoms with van der Waals surface area (Å²) >= 11 is 0. The van der Waals surface area contributed by atoms with E-state index in [-0.39, 0.29) is 30.9 Å². The summed E-state index contributed by atoms with van der Waals surface area (Å²) < 4.78 is 5.47. The molecule has 3 aromatic rings. The Morgan fingerprint density at radius 2 is 1.38 bits per heavy atom. The minimum atomic E-state index is -0.948. The number of rotatable bonds is 10. The van der Waals surface area contributed by atoms with Crippen LogP contribution in [0, 0.1) is 11.8 Å². The normalized spacial score (nSPS) is 19.6. The third kappa shape index (κ3) is 7.79. The lowest BCUT2D eigenvalue weighted by molar-refractivity contribution is -0.152. The number of nitrogens with one attached hydrogen (secondary N) is 2. The number of esters is 1. The Morgan fingerprint density at radius 3 is 1.97 bits per heavy atom. The summed E-state index contributed by atoms with van der Waals surface area (Å²) in [6, 6.07) is 27.6. The van der Waals surface area contributed by atoms with Gasteiger partial charge in [-0.05, 0) is 34.9 Å². The van der Waals surface area contributed by atoms with Gasteiger partial charge in [-0.15, -0.1) is 0 Å². The highest BCUT2D eigenvalue weighted by molar-refractivity contribution is 5.91. The number of carbonyl (C=O) groups excluding carboxylic acids is 3. The zero-order chi connectivity index (χ0) is 27.6. The van der Waals surface area contributed by atoms with Crippen molar-refractivity contribution in [2.75, 3.05) is 6.61 Å². The zero-order valence-electron chi connectivity index (χ0n) is 22.7. The maximum Gasteiger partial charge on any atom is 0.329 e. The molecule has 1 saturated carbocycles. The molecule has 1 fully saturated rings. The molecule has 0 heterocycles. The number of ether oxygens (including phenoxy) is 1. The van der Waals surface area contributed by atoms with Gasteiger partial charge in [-0.1, -0.05) is 118 Å². The van der Waals surface area contributed by atoms with Gasteiger partial charge in [0.25, 0.3) is 5.91 Å². The number of hydrogen-bond acceptors (Lipinski definition) is 4. The maximum atomic E-state index is 13.7. The molecule has 4 rings (SSSR count). The number of amides is 2. The summed E-state index contributed by atoms with van der Waals surface area (Å²) in [5.74, 6) is -0.940. The Balaban J connectivity index is 1.47. The van der Waals surface area contributed by atoms with Gasteiger partial charge < -0.3 is 15.4 Å². The molecule has 0 aliphatic heterocycles. The number of carbonyl (C=O) groups is 3. The molecule has 4 atom stereocenters. The van der Waals surface area contributed by atoms with Crippen molar-refractivity contribution < 1.29 is 19.1 Å². The summed E-state index contributed by atoms with van der Waals surface area (Å²) in [6.07, 6.45) is 3.42. The molecule has 0 spiro atoms. The minimum Gasteiger partial charge on any atom is -0.454 e. The Morgan fingerprint density at radius 1 is 0.821 bits per heavy atom. The third-order valence-electron chi connectivity index (χ3n) is 7.81. The van der Waals surface area contributed by atoms with Gasteiger partial charge in [0, 0.05) is 12.5 Å². The van der Waals surface area contributed by atoms with E-state index in [1.165, 1.54) is 0 Å². The molecule has 0 radical (unpaired) electrons. The van der Waals surface area contributed by atoms with Crippen LogP contribution >= 0.6 is 0 Å². The van der Waals surface area contributed by atoms with Crippen LogP contribution in [0.1, 0.15) is 55.7 Å². The lowest BCUT2D eigenvalue weighted by Crippen LogP contribution is -2.48. The van der Waals surface area contributed by atoms with Crippen molar-refractivity contribution in [2.45, 2.75) is 57.5 Å². The summed E-state index contributed by atoms with van der Waals surface area (Å²) in [4.78, 5) is 39.7. The Bertz CT molecular complexity index is 1180. The van der Waals surface area contributed by atoms with Gasteiger partial charge in [0.2, 0.25) is 5.91 Å². The van der Waals surface area contributed by atoms with Gasteiger partial charge in [0.15, 0.2) is 6.61 Å². The molecule has 2 N–H and O–H groups in total. The summed E-state index contributed by atoms with van der Waals surface area (Å²) in [7, 11) is 0. The van der Waals surface area contributed by atoms with Crippen molar-refractivity contribution in [1.29, 1.82) is 0 Å². The second-order valence-corrected chi connectivity index (χ2v) is 10.6. The van der Waals surface area contributed by atoms with Crippen molar-refractivity contribution in [3.8, 4) is 0 Å². The van der Waals surface area contributed by atoms with Gasteiger partial charge in [0.05, 0.1) is 5.92 Å². The zero-order valence-corrected chi connectivity index (χ0v) is 22.7. The lowest BCUT2D eigenvalue weighted by atomic mass is 9.78. The Labute approximate surface area is 231 Å². The minimum absolute atomic E-state index is 0.0808. The molecule has 39 heavy (non-hydrogen) atoms. The van der Waals surface area contributed by atoms with Crippen LogP contribution in [0.3, 0.4) is 0 Å². The van der Waals surface area contributed by atoms with Gasteiger partial charge >= 0.3 is 5.97 Å². The van der Waals surface area contributed by atoms with Gasteiger partial charge in [-0.2, -0.15) is 0 Å². The fourth-order valence-corrected chi connectivity index (χ4v) is 5.36. The molecule has 0 bridgehead atoms. The van der Waals surface area contributed by atoms with Crippen LogP contribution in [0.4, 0.5) is 0 Å². The van der Waals surface area contributed by atoms with Crippen molar-refractivity contribution in [3.63, 3.8) is 0 Å². The topological polar surface area (TPSA) is 84.5 Å². The van der Waals surface area contributed by atoms with Crippen molar-refractivity contribution >= 4 is 17.8 Å². The standard InChI is InChI=1S/C33H38N2O4/c1-23-13-12-20-28(24(23)2)34-30(36)22-39-33(38)29(21-25-14-6-3-7-15-25)35-32(37)31(26-16-8-4-9-17-26)27-18-10-5-11-19-27/h3-11,14-19,23-24,28-29,31H,12-13,20-22H2,1-2H3,(H,34,36)(H,35,37). The average molecular weight is 527 g/mol. The molecule has 0 saturated heterocycles. The monoisotopic (exact) mass is 526 g/mol. The van der Waals surface area contributed by atoms with E-state index < -0.39 is 17.9 Å². The molecule has 1 aliphatic rings. The van der Waals surface area contributed by atoms with Crippen molar-refractivity contribution in [3.05, 3.63) is 108 Å². The molecular formula is C33H38N2O4. The highest BCUT2D eigenvalue weighted by atomic mass is 16.5. The van der Waals surface area contributed by atoms with Crippen LogP contribution in [-0.2, 0) is 25.5 Å². The van der Waals surface area contributed by atoms with Crippen LogP contribution in [0.25, 0.3) is 0 Å². The smallest absolute Gasteiger partial charge is 0.329 e. The molecule has 6 heteroatoms. The fourth-order valence-electron chi connectivity index (χ4n) is 5.36. The highest BCUT2D eigenvalue weighted by Crippen LogP contribution is 2.29. The van der Waals surface area contributed by atoms with E-state index in [2.05, 4.69) is 24.5 Å². The van der Waals surface area contributed by atoms with Crippen LogP contribution in [0.2, 0.25) is 0 Å². The predicted octanol–water partition coefficient (Wildman–Crippen LogP) is 5.03. The first-order valence-electron chi connectivity index (χ1n) is 13.8.